The van der Waals surface area contributed by atoms with Crippen LogP contribution in [0.2, 0.25) is 0 Å². The van der Waals surface area contributed by atoms with Crippen molar-refractivity contribution in [3.63, 3.8) is 0 Å². The van der Waals surface area contributed by atoms with Crippen molar-refractivity contribution in [1.29, 1.82) is 21.2 Å². The van der Waals surface area contributed by atoms with Gasteiger partial charge in [0, 0.05) is 5.56 Å². The highest BCUT2D eigenvalue weighted by Gasteiger charge is 2.80. The molecule has 7 nitrogen and oxygen atoms in total. The minimum atomic E-state index is -1.99. The largest absolute Gasteiger partial charge is 0.494 e. The van der Waals surface area contributed by atoms with Gasteiger partial charge in [0.25, 0.3) is 0 Å². The Balaban J connectivity index is 1.78. The molecule has 184 valence electrons. The van der Waals surface area contributed by atoms with E-state index < -0.39 is 34.5 Å². The monoisotopic (exact) mass is 482 g/mol. The number of hydrogen-bond donors (Lipinski definition) is 1. The summed E-state index contributed by atoms with van der Waals surface area (Å²) in [5.74, 6) is -1.93. The summed E-state index contributed by atoms with van der Waals surface area (Å²) in [6.45, 7) is 4.62. The fraction of sp³-hybridized carbons (Fsp3) is 0.448. The summed E-state index contributed by atoms with van der Waals surface area (Å²) < 4.78 is 18.5. The molecule has 2 saturated heterocycles. The van der Waals surface area contributed by atoms with Gasteiger partial charge in [0.2, 0.25) is 17.1 Å². The van der Waals surface area contributed by atoms with Crippen molar-refractivity contribution in [2.24, 2.45) is 16.7 Å². The molecule has 2 heterocycles. The van der Waals surface area contributed by atoms with Gasteiger partial charge < -0.3 is 14.2 Å². The molecule has 7 heteroatoms. The Kier molecular flexibility index (Phi) is 7.02. The molecule has 4 atom stereocenters. The van der Waals surface area contributed by atoms with Crippen LogP contribution in [-0.2, 0) is 15.3 Å². The van der Waals surface area contributed by atoms with Crippen LogP contribution in [0.1, 0.15) is 63.2 Å². The quantitative estimate of drug-likeness (QED) is 0.428. The zero-order valence-corrected chi connectivity index (χ0v) is 20.7. The number of nitriles is 3. The van der Waals surface area contributed by atoms with Crippen LogP contribution in [0.5, 0.6) is 5.75 Å². The van der Waals surface area contributed by atoms with Crippen LogP contribution < -0.4 is 4.74 Å². The van der Waals surface area contributed by atoms with Crippen molar-refractivity contribution in [2.45, 2.75) is 57.8 Å². The van der Waals surface area contributed by atoms with Gasteiger partial charge in [0.1, 0.15) is 11.9 Å². The van der Waals surface area contributed by atoms with E-state index >= 15 is 0 Å². The molecule has 4 unspecified atom stereocenters. The molecule has 2 aromatic rings. The maximum atomic E-state index is 10.5. The number of ether oxygens (including phenoxy) is 3. The SMILES string of the molecule is CCCCCCOc1ccc(C2OC3(c4ccccc4)OC(=N)C(C#N)(C3CC)C2(C#N)C#N)cc1. The van der Waals surface area contributed by atoms with Gasteiger partial charge in [-0.3, -0.25) is 5.41 Å². The average molecular weight is 483 g/mol. The van der Waals surface area contributed by atoms with Crippen LogP contribution in [0.25, 0.3) is 0 Å². The Morgan fingerprint density at radius 1 is 0.917 bits per heavy atom. The van der Waals surface area contributed by atoms with E-state index in [9.17, 15) is 15.8 Å². The number of hydrogen-bond acceptors (Lipinski definition) is 7. The Morgan fingerprint density at radius 3 is 2.19 bits per heavy atom. The summed E-state index contributed by atoms with van der Waals surface area (Å²) in [5.41, 5.74) is -2.61. The predicted octanol–water partition coefficient (Wildman–Crippen LogP) is 6.15. The van der Waals surface area contributed by atoms with Crippen molar-refractivity contribution in [3.05, 3.63) is 65.7 Å². The summed E-state index contributed by atoms with van der Waals surface area (Å²) in [4.78, 5) is 0. The van der Waals surface area contributed by atoms with Crippen LogP contribution in [0.3, 0.4) is 0 Å². The molecule has 2 fully saturated rings. The molecule has 2 aromatic carbocycles. The molecule has 0 aliphatic carbocycles. The third-order valence-corrected chi connectivity index (χ3v) is 7.46. The van der Waals surface area contributed by atoms with E-state index in [-0.39, 0.29) is 0 Å². The number of nitrogens with zero attached hydrogens (tertiary/aromatic N) is 3. The molecule has 0 saturated carbocycles. The minimum absolute atomic E-state index is 0.369. The predicted molar refractivity (Wildman–Crippen MR) is 132 cm³/mol. The van der Waals surface area contributed by atoms with Gasteiger partial charge in [-0.05, 0) is 30.5 Å². The fourth-order valence-electron chi connectivity index (χ4n) is 5.66. The fourth-order valence-corrected chi connectivity index (χ4v) is 5.66. The summed E-state index contributed by atoms with van der Waals surface area (Å²) in [6, 6.07) is 22.7. The van der Waals surface area contributed by atoms with E-state index in [2.05, 4.69) is 25.1 Å². The summed E-state index contributed by atoms with van der Waals surface area (Å²) >= 11 is 0. The minimum Gasteiger partial charge on any atom is -0.494 e. The first-order chi connectivity index (χ1) is 17.5. The zero-order valence-electron chi connectivity index (χ0n) is 20.7. The molecular weight excluding hydrogens is 452 g/mol. The third kappa shape index (κ3) is 3.53. The highest BCUT2D eigenvalue weighted by molar-refractivity contribution is 5.89. The summed E-state index contributed by atoms with van der Waals surface area (Å²) in [5, 5.41) is 40.1. The number of rotatable bonds is 9. The lowest BCUT2D eigenvalue weighted by Gasteiger charge is -2.49. The molecule has 0 amide bonds. The maximum absolute atomic E-state index is 10.5. The van der Waals surface area contributed by atoms with Crippen LogP contribution in [-0.4, -0.2) is 12.5 Å². The van der Waals surface area contributed by atoms with E-state index in [0.717, 1.165) is 19.3 Å². The number of benzene rings is 2. The van der Waals surface area contributed by atoms with E-state index in [1.165, 1.54) is 6.42 Å². The Morgan fingerprint density at radius 2 is 1.61 bits per heavy atom. The molecule has 1 N–H and O–H groups in total. The van der Waals surface area contributed by atoms with E-state index in [4.69, 9.17) is 19.6 Å². The first-order valence-corrected chi connectivity index (χ1v) is 12.5. The van der Waals surface area contributed by atoms with Gasteiger partial charge in [0.15, 0.2) is 5.41 Å². The zero-order chi connectivity index (χ0) is 25.8. The van der Waals surface area contributed by atoms with Gasteiger partial charge in [-0.25, -0.2) is 0 Å². The van der Waals surface area contributed by atoms with E-state index in [1.54, 1.807) is 24.3 Å². The maximum Gasteiger partial charge on any atom is 0.244 e. The second-order valence-corrected chi connectivity index (χ2v) is 9.35. The Labute approximate surface area is 212 Å². The van der Waals surface area contributed by atoms with Gasteiger partial charge in [0.05, 0.1) is 30.7 Å². The van der Waals surface area contributed by atoms with Gasteiger partial charge in [-0.2, -0.15) is 15.8 Å². The highest BCUT2D eigenvalue weighted by Crippen LogP contribution is 2.69. The molecule has 0 aromatic heterocycles. The smallest absolute Gasteiger partial charge is 0.244 e. The number of fused-ring (bicyclic) bond motifs is 2. The third-order valence-electron chi connectivity index (χ3n) is 7.46. The normalized spacial score (nSPS) is 27.8. The lowest BCUT2D eigenvalue weighted by molar-refractivity contribution is -0.292. The van der Waals surface area contributed by atoms with Crippen LogP contribution in [0.4, 0.5) is 0 Å². The Bertz CT molecular complexity index is 1210. The summed E-state index contributed by atoms with van der Waals surface area (Å²) in [6.07, 6.45) is 3.65. The molecule has 0 radical (unpaired) electrons. The van der Waals surface area contributed by atoms with Crippen molar-refractivity contribution in [3.8, 4) is 24.0 Å². The molecule has 4 rings (SSSR count). The molecule has 2 aliphatic rings. The molecule has 2 aliphatic heterocycles. The highest BCUT2D eigenvalue weighted by atomic mass is 16.7. The summed E-state index contributed by atoms with van der Waals surface area (Å²) in [7, 11) is 0. The lowest BCUT2D eigenvalue weighted by atomic mass is 9.52. The van der Waals surface area contributed by atoms with Gasteiger partial charge >= 0.3 is 0 Å². The molecule has 0 spiro atoms. The van der Waals surface area contributed by atoms with Gasteiger partial charge in [-0.15, -0.1) is 0 Å². The second-order valence-electron chi connectivity index (χ2n) is 9.35. The molecular formula is C29H30N4O3. The van der Waals surface area contributed by atoms with Crippen molar-refractivity contribution in [2.75, 3.05) is 6.61 Å². The second kappa shape index (κ2) is 10.0. The first-order valence-electron chi connectivity index (χ1n) is 12.5. The lowest BCUT2D eigenvalue weighted by Crippen LogP contribution is -2.58. The molecule has 36 heavy (non-hydrogen) atoms. The average Bonchev–Trinajstić information content (AvgIpc) is 3.13. The van der Waals surface area contributed by atoms with Crippen LogP contribution in [0.15, 0.2) is 54.6 Å². The molecule has 2 bridgehead atoms. The van der Waals surface area contributed by atoms with E-state index in [1.807, 2.05) is 37.3 Å². The Hall–Kier alpha value is -3.86. The van der Waals surface area contributed by atoms with Crippen molar-refractivity contribution < 1.29 is 14.2 Å². The van der Waals surface area contributed by atoms with E-state index in [0.29, 0.717) is 29.9 Å². The first kappa shape index (κ1) is 25.2. The van der Waals surface area contributed by atoms with Crippen molar-refractivity contribution >= 4 is 5.90 Å². The number of unbranched alkanes of at least 4 members (excludes halogenated alkanes) is 3. The van der Waals surface area contributed by atoms with Crippen LogP contribution in [0, 0.1) is 56.2 Å². The van der Waals surface area contributed by atoms with Gasteiger partial charge in [-0.1, -0.05) is 75.6 Å². The van der Waals surface area contributed by atoms with Crippen LogP contribution >= 0.6 is 0 Å². The number of nitrogens with one attached hydrogen (secondary N) is 1. The topological polar surface area (TPSA) is 123 Å². The van der Waals surface area contributed by atoms with Crippen molar-refractivity contribution in [1.82, 2.24) is 0 Å². The standard InChI is InChI=1S/C29H30N4O3/c1-3-5-6-10-17-34-23-15-13-21(14-16-23)25-27(18-30,19-31)28(20-32)24(4-2)29(35-25,36-26(28)33)22-11-8-7-9-12-22/h7-9,11-16,24-25,33H,3-6,10,17H2,1-2H3.